The lowest BCUT2D eigenvalue weighted by atomic mass is 9.91. The first-order chi connectivity index (χ1) is 7.15. The number of hydrogen-bond acceptors (Lipinski definition) is 2. The molecule has 2 atom stereocenters. The summed E-state index contributed by atoms with van der Waals surface area (Å²) < 4.78 is 0. The van der Waals surface area contributed by atoms with Crippen LogP contribution in [0.2, 0.25) is 0 Å². The Bertz CT molecular complexity index is 316. The van der Waals surface area contributed by atoms with Crippen molar-refractivity contribution in [2.24, 2.45) is 11.7 Å². The van der Waals surface area contributed by atoms with Crippen molar-refractivity contribution in [2.45, 2.75) is 25.8 Å². The van der Waals surface area contributed by atoms with Gasteiger partial charge in [-0.15, -0.1) is 12.4 Å². The topological polar surface area (TPSA) is 63.3 Å². The summed E-state index contributed by atoms with van der Waals surface area (Å²) in [5, 5.41) is 9.06. The Morgan fingerprint density at radius 3 is 2.38 bits per heavy atom. The summed E-state index contributed by atoms with van der Waals surface area (Å²) in [6, 6.07) is 9.32. The van der Waals surface area contributed by atoms with Crippen molar-refractivity contribution >= 4 is 18.4 Å². The molecule has 0 aromatic heterocycles. The van der Waals surface area contributed by atoms with Crippen molar-refractivity contribution in [3.05, 3.63) is 35.9 Å². The van der Waals surface area contributed by atoms with Gasteiger partial charge in [-0.05, 0) is 18.4 Å². The Morgan fingerprint density at radius 1 is 1.38 bits per heavy atom. The van der Waals surface area contributed by atoms with E-state index in [1.165, 1.54) is 0 Å². The van der Waals surface area contributed by atoms with Gasteiger partial charge in [-0.1, -0.05) is 37.3 Å². The zero-order chi connectivity index (χ0) is 11.3. The molecule has 1 aromatic carbocycles. The van der Waals surface area contributed by atoms with E-state index >= 15 is 0 Å². The molecule has 0 amide bonds. The Labute approximate surface area is 102 Å². The Hall–Kier alpha value is -1.06. The second-order valence-corrected chi connectivity index (χ2v) is 3.71. The van der Waals surface area contributed by atoms with Crippen LogP contribution in [0.4, 0.5) is 0 Å². The van der Waals surface area contributed by atoms with Crippen molar-refractivity contribution in [3.8, 4) is 0 Å². The van der Waals surface area contributed by atoms with Crippen LogP contribution < -0.4 is 5.73 Å². The molecule has 16 heavy (non-hydrogen) atoms. The lowest BCUT2D eigenvalue weighted by molar-refractivity contribution is -0.142. The highest BCUT2D eigenvalue weighted by atomic mass is 35.5. The van der Waals surface area contributed by atoms with Gasteiger partial charge >= 0.3 is 5.97 Å². The quantitative estimate of drug-likeness (QED) is 0.833. The van der Waals surface area contributed by atoms with Crippen LogP contribution in [0.3, 0.4) is 0 Å². The molecule has 3 nitrogen and oxygen atoms in total. The van der Waals surface area contributed by atoms with Crippen LogP contribution in [-0.2, 0) is 11.2 Å². The number of hydrogen-bond donors (Lipinski definition) is 2. The highest BCUT2D eigenvalue weighted by Crippen LogP contribution is 2.13. The van der Waals surface area contributed by atoms with E-state index in [1.54, 1.807) is 0 Å². The standard InChI is InChI=1S/C12H17NO2.ClH/c1-2-11(13)10(12(14)15)8-9-6-4-3-5-7-9;/h3-7,10-11H,2,8,13H2,1H3,(H,14,15);1H/t10-,11-;/m0./s1. The third kappa shape index (κ3) is 4.21. The largest absolute Gasteiger partial charge is 0.481 e. The van der Waals surface area contributed by atoms with E-state index in [2.05, 4.69) is 0 Å². The van der Waals surface area contributed by atoms with Gasteiger partial charge < -0.3 is 10.8 Å². The number of aliphatic carboxylic acids is 1. The monoisotopic (exact) mass is 243 g/mol. The van der Waals surface area contributed by atoms with Crippen LogP contribution in [0.25, 0.3) is 0 Å². The first-order valence-corrected chi connectivity index (χ1v) is 5.17. The number of carboxylic acid groups (broad SMARTS) is 1. The summed E-state index contributed by atoms with van der Waals surface area (Å²) in [5.74, 6) is -1.30. The van der Waals surface area contributed by atoms with Crippen LogP contribution in [0.1, 0.15) is 18.9 Å². The lowest BCUT2D eigenvalue weighted by Crippen LogP contribution is -2.36. The third-order valence-electron chi connectivity index (χ3n) is 2.60. The number of carbonyl (C=O) groups is 1. The second-order valence-electron chi connectivity index (χ2n) is 3.71. The van der Waals surface area contributed by atoms with E-state index in [4.69, 9.17) is 10.8 Å². The average molecular weight is 244 g/mol. The van der Waals surface area contributed by atoms with E-state index in [-0.39, 0.29) is 18.4 Å². The maximum absolute atomic E-state index is 11.0. The van der Waals surface area contributed by atoms with E-state index in [0.717, 1.165) is 5.56 Å². The van der Waals surface area contributed by atoms with Crippen LogP contribution >= 0.6 is 12.4 Å². The lowest BCUT2D eigenvalue weighted by Gasteiger charge is -2.18. The van der Waals surface area contributed by atoms with Crippen molar-refractivity contribution in [3.63, 3.8) is 0 Å². The number of carboxylic acids is 1. The van der Waals surface area contributed by atoms with Gasteiger partial charge in [0.05, 0.1) is 5.92 Å². The molecule has 0 saturated carbocycles. The fourth-order valence-electron chi connectivity index (χ4n) is 1.57. The summed E-state index contributed by atoms with van der Waals surface area (Å²) in [6.45, 7) is 1.91. The minimum atomic E-state index is -0.812. The molecule has 0 bridgehead atoms. The molecule has 0 aliphatic heterocycles. The molecule has 4 heteroatoms. The first kappa shape index (κ1) is 14.9. The van der Waals surface area contributed by atoms with Crippen molar-refractivity contribution in [1.29, 1.82) is 0 Å². The summed E-state index contributed by atoms with van der Waals surface area (Å²) in [6.07, 6.45) is 1.19. The highest BCUT2D eigenvalue weighted by Gasteiger charge is 2.23. The van der Waals surface area contributed by atoms with Gasteiger partial charge in [0.25, 0.3) is 0 Å². The molecular formula is C12H18ClNO2. The molecule has 0 saturated heterocycles. The summed E-state index contributed by atoms with van der Waals surface area (Å²) in [7, 11) is 0. The average Bonchev–Trinajstić information content (AvgIpc) is 2.26. The fraction of sp³-hybridized carbons (Fsp3) is 0.417. The van der Waals surface area contributed by atoms with Gasteiger partial charge in [0.2, 0.25) is 0 Å². The molecule has 90 valence electrons. The van der Waals surface area contributed by atoms with Crippen molar-refractivity contribution in [2.75, 3.05) is 0 Å². The van der Waals surface area contributed by atoms with Gasteiger partial charge in [0.15, 0.2) is 0 Å². The maximum atomic E-state index is 11.0. The highest BCUT2D eigenvalue weighted by molar-refractivity contribution is 5.85. The Morgan fingerprint density at radius 2 is 1.94 bits per heavy atom. The summed E-state index contributed by atoms with van der Waals surface area (Å²) in [4.78, 5) is 11.0. The molecule has 3 N–H and O–H groups in total. The first-order valence-electron chi connectivity index (χ1n) is 5.17. The van der Waals surface area contributed by atoms with Gasteiger partial charge in [-0.25, -0.2) is 0 Å². The SMILES string of the molecule is CC[C@H](N)[C@H](Cc1ccccc1)C(=O)O.Cl. The van der Waals surface area contributed by atoms with Crippen LogP contribution in [0.15, 0.2) is 30.3 Å². The van der Waals surface area contributed by atoms with Crippen molar-refractivity contribution < 1.29 is 9.90 Å². The number of benzene rings is 1. The minimum absolute atomic E-state index is 0. The molecule has 1 aromatic rings. The van der Waals surface area contributed by atoms with E-state index in [1.807, 2.05) is 37.3 Å². The zero-order valence-corrected chi connectivity index (χ0v) is 10.1. The maximum Gasteiger partial charge on any atom is 0.308 e. The van der Waals surface area contributed by atoms with Gasteiger partial charge in [-0.3, -0.25) is 4.79 Å². The fourth-order valence-corrected chi connectivity index (χ4v) is 1.57. The Balaban J connectivity index is 0.00000225. The van der Waals surface area contributed by atoms with Crippen molar-refractivity contribution in [1.82, 2.24) is 0 Å². The molecule has 0 unspecified atom stereocenters. The second kappa shape index (κ2) is 7.25. The van der Waals surface area contributed by atoms with Gasteiger partial charge in [-0.2, -0.15) is 0 Å². The molecule has 0 aliphatic rings. The van der Waals surface area contributed by atoms with E-state index in [9.17, 15) is 4.79 Å². The molecule has 0 aliphatic carbocycles. The Kier molecular flexibility index (Phi) is 6.77. The zero-order valence-electron chi connectivity index (χ0n) is 9.30. The normalized spacial score (nSPS) is 13.6. The number of halogens is 1. The van der Waals surface area contributed by atoms with E-state index < -0.39 is 11.9 Å². The van der Waals surface area contributed by atoms with Gasteiger partial charge in [0, 0.05) is 6.04 Å². The third-order valence-corrected chi connectivity index (χ3v) is 2.60. The molecular weight excluding hydrogens is 226 g/mol. The molecule has 0 spiro atoms. The smallest absolute Gasteiger partial charge is 0.308 e. The number of nitrogens with two attached hydrogens (primary N) is 1. The predicted molar refractivity (Wildman–Crippen MR) is 66.8 cm³/mol. The van der Waals surface area contributed by atoms with E-state index in [0.29, 0.717) is 12.8 Å². The molecule has 1 rings (SSSR count). The van der Waals surface area contributed by atoms with Gasteiger partial charge in [0.1, 0.15) is 0 Å². The molecule has 0 fully saturated rings. The summed E-state index contributed by atoms with van der Waals surface area (Å²) in [5.41, 5.74) is 6.81. The molecule has 0 heterocycles. The minimum Gasteiger partial charge on any atom is -0.481 e. The summed E-state index contributed by atoms with van der Waals surface area (Å²) >= 11 is 0. The predicted octanol–water partition coefficient (Wildman–Crippen LogP) is 2.09. The molecule has 0 radical (unpaired) electrons. The van der Waals surface area contributed by atoms with Crippen LogP contribution in [0.5, 0.6) is 0 Å². The number of rotatable bonds is 5. The van der Waals surface area contributed by atoms with Crippen LogP contribution in [-0.4, -0.2) is 17.1 Å². The van der Waals surface area contributed by atoms with Crippen LogP contribution in [0, 0.1) is 5.92 Å².